The molecule has 0 spiro atoms. The summed E-state index contributed by atoms with van der Waals surface area (Å²) in [4.78, 5) is 17.1. The van der Waals surface area contributed by atoms with E-state index in [-0.39, 0.29) is 5.91 Å². The average Bonchev–Trinajstić information content (AvgIpc) is 3.04. The van der Waals surface area contributed by atoms with E-state index in [4.69, 9.17) is 4.42 Å². The predicted molar refractivity (Wildman–Crippen MR) is 108 cm³/mol. The number of aryl methyl sites for hydroxylation is 3. The molecule has 1 aromatic heterocycles. The second kappa shape index (κ2) is 6.72. The predicted octanol–water partition coefficient (Wildman–Crippen LogP) is 5.67. The quantitative estimate of drug-likeness (QED) is 0.514. The van der Waals surface area contributed by atoms with Crippen molar-refractivity contribution < 1.29 is 9.21 Å². The van der Waals surface area contributed by atoms with Crippen LogP contribution < -0.4 is 5.32 Å². The van der Waals surface area contributed by atoms with E-state index in [1.165, 1.54) is 0 Å². The van der Waals surface area contributed by atoms with Gasteiger partial charge in [-0.3, -0.25) is 4.79 Å². The van der Waals surface area contributed by atoms with Crippen molar-refractivity contribution in [2.45, 2.75) is 20.8 Å². The van der Waals surface area contributed by atoms with Crippen molar-refractivity contribution in [2.24, 2.45) is 0 Å². The number of hydrogen-bond acceptors (Lipinski definition) is 3. The van der Waals surface area contributed by atoms with Crippen LogP contribution in [-0.4, -0.2) is 10.9 Å². The van der Waals surface area contributed by atoms with Gasteiger partial charge in [0, 0.05) is 16.8 Å². The summed E-state index contributed by atoms with van der Waals surface area (Å²) in [5, 5.41) is 2.94. The maximum atomic E-state index is 12.6. The van der Waals surface area contributed by atoms with Crippen LogP contribution in [0.25, 0.3) is 22.6 Å². The molecule has 0 aliphatic rings. The van der Waals surface area contributed by atoms with Crippen LogP contribution in [0.15, 0.2) is 65.1 Å². The lowest BCUT2D eigenvalue weighted by molar-refractivity contribution is 0.102. The number of hydrogen-bond donors (Lipinski definition) is 1. The molecular weight excluding hydrogens is 336 g/mol. The summed E-state index contributed by atoms with van der Waals surface area (Å²) in [6, 6.07) is 19.3. The van der Waals surface area contributed by atoms with Gasteiger partial charge < -0.3 is 9.73 Å². The van der Waals surface area contributed by atoms with Crippen LogP contribution in [0.4, 0.5) is 5.69 Å². The van der Waals surface area contributed by atoms with Crippen molar-refractivity contribution in [1.82, 2.24) is 4.98 Å². The highest BCUT2D eigenvalue weighted by Crippen LogP contribution is 2.27. The zero-order valence-corrected chi connectivity index (χ0v) is 15.5. The van der Waals surface area contributed by atoms with E-state index in [1.54, 1.807) is 0 Å². The molecule has 1 N–H and O–H groups in total. The van der Waals surface area contributed by atoms with Crippen LogP contribution in [0.1, 0.15) is 27.0 Å². The van der Waals surface area contributed by atoms with Crippen LogP contribution in [0, 0.1) is 20.8 Å². The number of fused-ring (bicyclic) bond motifs is 1. The van der Waals surface area contributed by atoms with E-state index in [0.29, 0.717) is 28.2 Å². The Bertz CT molecular complexity index is 1140. The Hall–Kier alpha value is -3.40. The lowest BCUT2D eigenvalue weighted by Crippen LogP contribution is -2.12. The molecule has 4 aromatic rings. The summed E-state index contributed by atoms with van der Waals surface area (Å²) in [6.07, 6.45) is 0. The molecule has 0 bridgehead atoms. The number of anilines is 1. The van der Waals surface area contributed by atoms with Gasteiger partial charge in [-0.15, -0.1) is 0 Å². The highest BCUT2D eigenvalue weighted by atomic mass is 16.3. The third-order valence-corrected chi connectivity index (χ3v) is 4.39. The van der Waals surface area contributed by atoms with E-state index in [0.717, 1.165) is 22.3 Å². The van der Waals surface area contributed by atoms with Gasteiger partial charge >= 0.3 is 0 Å². The van der Waals surface area contributed by atoms with Crippen molar-refractivity contribution in [3.63, 3.8) is 0 Å². The molecule has 0 aliphatic carbocycles. The normalized spacial score (nSPS) is 10.9. The van der Waals surface area contributed by atoms with E-state index < -0.39 is 0 Å². The van der Waals surface area contributed by atoms with E-state index in [9.17, 15) is 4.79 Å². The molecule has 3 aromatic carbocycles. The van der Waals surface area contributed by atoms with Gasteiger partial charge in [0.05, 0.1) is 0 Å². The molecule has 0 saturated carbocycles. The van der Waals surface area contributed by atoms with Crippen molar-refractivity contribution in [1.29, 1.82) is 0 Å². The third-order valence-electron chi connectivity index (χ3n) is 4.39. The number of nitrogens with one attached hydrogen (secondary N) is 1. The zero-order chi connectivity index (χ0) is 19.0. The maximum absolute atomic E-state index is 12.6. The van der Waals surface area contributed by atoms with Gasteiger partial charge in [-0.2, -0.15) is 0 Å². The number of carbonyl (C=O) groups excluding carboxylic acids is 1. The zero-order valence-electron chi connectivity index (χ0n) is 15.5. The average molecular weight is 356 g/mol. The molecule has 1 heterocycles. The Morgan fingerprint density at radius 3 is 2.41 bits per heavy atom. The van der Waals surface area contributed by atoms with Gasteiger partial charge in [0.1, 0.15) is 5.52 Å². The number of rotatable bonds is 3. The van der Waals surface area contributed by atoms with Gasteiger partial charge in [0.15, 0.2) is 5.58 Å². The van der Waals surface area contributed by atoms with Crippen LogP contribution >= 0.6 is 0 Å². The largest absolute Gasteiger partial charge is 0.436 e. The van der Waals surface area contributed by atoms with Crippen LogP contribution in [0.2, 0.25) is 0 Å². The van der Waals surface area contributed by atoms with Gasteiger partial charge in [-0.1, -0.05) is 34.9 Å². The molecule has 0 unspecified atom stereocenters. The highest BCUT2D eigenvalue weighted by molar-refractivity contribution is 6.05. The fraction of sp³-hybridized carbons (Fsp3) is 0.130. The summed E-state index contributed by atoms with van der Waals surface area (Å²) in [5.41, 5.74) is 6.96. The van der Waals surface area contributed by atoms with Crippen molar-refractivity contribution >= 4 is 22.7 Å². The molecule has 0 radical (unpaired) electrons. The number of benzene rings is 3. The minimum absolute atomic E-state index is 0.136. The molecule has 0 saturated heterocycles. The van der Waals surface area contributed by atoms with E-state index in [2.05, 4.69) is 10.3 Å². The van der Waals surface area contributed by atoms with Gasteiger partial charge in [-0.05, 0) is 63.2 Å². The lowest BCUT2D eigenvalue weighted by Gasteiger charge is -2.07. The van der Waals surface area contributed by atoms with Crippen LogP contribution in [-0.2, 0) is 0 Å². The Morgan fingerprint density at radius 1 is 0.889 bits per heavy atom. The fourth-order valence-corrected chi connectivity index (χ4v) is 3.22. The lowest BCUT2D eigenvalue weighted by atomic mass is 10.1. The Labute approximate surface area is 157 Å². The summed E-state index contributed by atoms with van der Waals surface area (Å²) in [7, 11) is 0. The van der Waals surface area contributed by atoms with Gasteiger partial charge in [-0.25, -0.2) is 4.98 Å². The standard InChI is InChI=1S/C23H20N2O2/c1-14-5-4-6-17(10-14)23-25-20-13-19(7-8-21(20)27-23)24-22(26)18-11-15(2)9-16(3)12-18/h4-13H,1-3H3,(H,24,26). The van der Waals surface area contributed by atoms with Crippen molar-refractivity contribution in [3.8, 4) is 11.5 Å². The smallest absolute Gasteiger partial charge is 0.255 e. The maximum Gasteiger partial charge on any atom is 0.255 e. The topological polar surface area (TPSA) is 55.1 Å². The SMILES string of the molecule is Cc1cc(C)cc(C(=O)Nc2ccc3oc(-c4cccc(C)c4)nc3c2)c1. The molecule has 0 aliphatic heterocycles. The van der Waals surface area contributed by atoms with E-state index >= 15 is 0 Å². The molecule has 0 atom stereocenters. The summed E-state index contributed by atoms with van der Waals surface area (Å²) < 4.78 is 5.86. The number of oxazole rings is 1. The summed E-state index contributed by atoms with van der Waals surface area (Å²) in [5.74, 6) is 0.440. The molecule has 1 amide bonds. The number of carbonyl (C=O) groups is 1. The van der Waals surface area contributed by atoms with Crippen LogP contribution in [0.5, 0.6) is 0 Å². The number of amides is 1. The van der Waals surface area contributed by atoms with E-state index in [1.807, 2.05) is 81.4 Å². The van der Waals surface area contributed by atoms with Crippen molar-refractivity contribution in [3.05, 3.63) is 82.9 Å². The minimum atomic E-state index is -0.136. The first-order valence-electron chi connectivity index (χ1n) is 8.85. The molecule has 4 nitrogen and oxygen atoms in total. The molecule has 27 heavy (non-hydrogen) atoms. The van der Waals surface area contributed by atoms with Gasteiger partial charge in [0.2, 0.25) is 5.89 Å². The fourth-order valence-electron chi connectivity index (χ4n) is 3.22. The second-order valence-corrected chi connectivity index (χ2v) is 6.90. The van der Waals surface area contributed by atoms with Crippen molar-refractivity contribution in [2.75, 3.05) is 5.32 Å². The first-order chi connectivity index (χ1) is 13.0. The summed E-state index contributed by atoms with van der Waals surface area (Å²) >= 11 is 0. The molecular formula is C23H20N2O2. The Morgan fingerprint density at radius 2 is 1.67 bits per heavy atom. The Kier molecular flexibility index (Phi) is 4.24. The molecule has 4 rings (SSSR count). The first-order valence-corrected chi connectivity index (χ1v) is 8.85. The first kappa shape index (κ1) is 17.0. The highest BCUT2D eigenvalue weighted by Gasteiger charge is 2.11. The monoisotopic (exact) mass is 356 g/mol. The Balaban J connectivity index is 1.62. The number of nitrogens with zero attached hydrogens (tertiary/aromatic N) is 1. The molecule has 134 valence electrons. The van der Waals surface area contributed by atoms with Gasteiger partial charge in [0.25, 0.3) is 5.91 Å². The summed E-state index contributed by atoms with van der Waals surface area (Å²) in [6.45, 7) is 6.00. The van der Waals surface area contributed by atoms with Crippen LogP contribution in [0.3, 0.4) is 0 Å². The second-order valence-electron chi connectivity index (χ2n) is 6.90. The molecule has 0 fully saturated rings. The third kappa shape index (κ3) is 3.60. The minimum Gasteiger partial charge on any atom is -0.436 e. The molecule has 4 heteroatoms. The number of aromatic nitrogens is 1.